The second-order valence-corrected chi connectivity index (χ2v) is 9.38. The summed E-state index contributed by atoms with van der Waals surface area (Å²) in [4.78, 5) is 6.26. The van der Waals surface area contributed by atoms with Crippen molar-refractivity contribution in [1.29, 1.82) is 0 Å². The van der Waals surface area contributed by atoms with Crippen LogP contribution in [0, 0.1) is 0 Å². The molecule has 0 amide bonds. The predicted molar refractivity (Wildman–Crippen MR) is 132 cm³/mol. The molecule has 2 aromatic carbocycles. The summed E-state index contributed by atoms with van der Waals surface area (Å²) in [5.41, 5.74) is 2.22. The quantitative estimate of drug-likeness (QED) is 0.342. The molecule has 0 N–H and O–H groups in total. The first-order valence-electron chi connectivity index (χ1n) is 11.6. The maximum atomic E-state index is 12.5. The lowest BCUT2D eigenvalue weighted by Crippen LogP contribution is -2.38. The molecule has 37 heavy (non-hydrogen) atoms. The van der Waals surface area contributed by atoms with E-state index in [0.717, 1.165) is 11.3 Å². The van der Waals surface area contributed by atoms with E-state index in [1.165, 1.54) is 12.1 Å². The topological polar surface area (TPSA) is 83.2 Å². The number of rotatable bonds is 8. The van der Waals surface area contributed by atoms with Gasteiger partial charge in [-0.2, -0.15) is 8.78 Å². The van der Waals surface area contributed by atoms with Gasteiger partial charge in [0.15, 0.2) is 22.9 Å². The van der Waals surface area contributed by atoms with Gasteiger partial charge in [0.1, 0.15) is 12.4 Å². The Bertz CT molecular complexity index is 1380. The summed E-state index contributed by atoms with van der Waals surface area (Å²) in [6, 6.07) is 14.2. The maximum absolute atomic E-state index is 12.5. The molecule has 0 aliphatic carbocycles. The van der Waals surface area contributed by atoms with Crippen molar-refractivity contribution < 1.29 is 27.7 Å². The minimum Gasteiger partial charge on any atom is -0.474 e. The zero-order valence-corrected chi connectivity index (χ0v) is 20.9. The molecule has 1 atom stereocenters. The van der Waals surface area contributed by atoms with Crippen LogP contribution < -0.4 is 14.4 Å². The molecule has 0 spiro atoms. The normalized spacial score (nSPS) is 18.9. The van der Waals surface area contributed by atoms with Crippen LogP contribution in [0.1, 0.15) is 19.4 Å². The Kier molecular flexibility index (Phi) is 6.42. The minimum absolute atomic E-state index is 0.0499. The molecule has 0 bridgehead atoms. The summed E-state index contributed by atoms with van der Waals surface area (Å²) in [5, 5.41) is 8.45. The van der Waals surface area contributed by atoms with Gasteiger partial charge in [-0.1, -0.05) is 12.1 Å². The van der Waals surface area contributed by atoms with Crippen LogP contribution in [0.15, 0.2) is 60.9 Å². The summed E-state index contributed by atoms with van der Waals surface area (Å²) in [6.45, 7) is 1.27. The molecule has 5 rings (SSSR count). The second kappa shape index (κ2) is 9.56. The minimum atomic E-state index is -2.90. The fourth-order valence-electron chi connectivity index (χ4n) is 4.27. The first-order valence-corrected chi connectivity index (χ1v) is 11.6. The lowest BCUT2D eigenvalue weighted by Gasteiger charge is -2.30. The summed E-state index contributed by atoms with van der Waals surface area (Å²) >= 11 is 0. The van der Waals surface area contributed by atoms with Crippen molar-refractivity contribution in [1.82, 2.24) is 19.6 Å². The zero-order valence-electron chi connectivity index (χ0n) is 20.9. The summed E-state index contributed by atoms with van der Waals surface area (Å²) < 4.78 is 49.9. The van der Waals surface area contributed by atoms with E-state index >= 15 is 0 Å². The van der Waals surface area contributed by atoms with E-state index in [9.17, 15) is 8.78 Å². The van der Waals surface area contributed by atoms with Gasteiger partial charge >= 0.3 is 6.61 Å². The van der Waals surface area contributed by atoms with Crippen molar-refractivity contribution in [2.24, 2.45) is 0 Å². The third-order valence-corrected chi connectivity index (χ3v) is 6.08. The summed E-state index contributed by atoms with van der Waals surface area (Å²) in [6.07, 6.45) is 3.13. The predicted octanol–water partition coefficient (Wildman–Crippen LogP) is 4.52. The molecular formula is C26H27F2N5O4. The third-order valence-electron chi connectivity index (χ3n) is 6.08. The molecule has 9 nitrogen and oxygen atoms in total. The van der Waals surface area contributed by atoms with E-state index in [1.54, 1.807) is 28.9 Å². The number of anilines is 1. The van der Waals surface area contributed by atoms with Gasteiger partial charge in [0.2, 0.25) is 5.88 Å². The van der Waals surface area contributed by atoms with E-state index in [-0.39, 0.29) is 12.4 Å². The van der Waals surface area contributed by atoms with Crippen molar-refractivity contribution in [3.8, 4) is 23.0 Å². The van der Waals surface area contributed by atoms with E-state index in [1.807, 2.05) is 57.1 Å². The molecule has 0 saturated carbocycles. The van der Waals surface area contributed by atoms with Gasteiger partial charge in [-0.25, -0.2) is 4.40 Å². The number of nitrogens with zero attached hydrogens (tertiary/aromatic N) is 5. The van der Waals surface area contributed by atoms with E-state index in [4.69, 9.17) is 14.2 Å². The van der Waals surface area contributed by atoms with Crippen LogP contribution in [0.5, 0.6) is 11.6 Å². The van der Waals surface area contributed by atoms with E-state index in [2.05, 4.69) is 19.9 Å². The Morgan fingerprint density at radius 1 is 1.03 bits per heavy atom. The Labute approximate surface area is 212 Å². The third kappa shape index (κ3) is 5.05. The number of fused-ring (bicyclic) bond motifs is 1. The lowest BCUT2D eigenvalue weighted by molar-refractivity contribution is -0.170. The number of alkyl halides is 2. The van der Waals surface area contributed by atoms with Crippen LogP contribution in [-0.4, -0.2) is 59.3 Å². The molecule has 1 saturated heterocycles. The number of halogens is 2. The lowest BCUT2D eigenvalue weighted by atomic mass is 9.95. The van der Waals surface area contributed by atoms with Gasteiger partial charge in [-0.15, -0.1) is 10.2 Å². The molecule has 1 unspecified atom stereocenters. The molecule has 11 heteroatoms. The first-order chi connectivity index (χ1) is 17.7. The fraction of sp³-hybridized carbons (Fsp3) is 0.346. The largest absolute Gasteiger partial charge is 0.474 e. The van der Waals surface area contributed by atoms with Crippen LogP contribution >= 0.6 is 0 Å². The van der Waals surface area contributed by atoms with Crippen molar-refractivity contribution in [2.45, 2.75) is 31.8 Å². The van der Waals surface area contributed by atoms with Crippen molar-refractivity contribution in [3.63, 3.8) is 0 Å². The smallest absolute Gasteiger partial charge is 0.387 e. The van der Waals surface area contributed by atoms with Crippen LogP contribution in [0.3, 0.4) is 0 Å². The van der Waals surface area contributed by atoms with Crippen LogP contribution in [0.4, 0.5) is 14.5 Å². The Hall–Kier alpha value is -3.83. The standard InChI is InChI=1S/C26H27F2N5O4/c1-25(2)35-16-26(37-25,18-7-9-19(10-8-18)32(3)4)15-34-22-14-29-13-21-30-31-23(33(21)22)17-5-11-20(12-6-17)36-24(27)28/h5-14,24H,15-16H2,1-4H3. The Morgan fingerprint density at radius 2 is 1.76 bits per heavy atom. The van der Waals surface area contributed by atoms with Gasteiger partial charge in [-0.3, -0.25) is 4.98 Å². The molecule has 2 aromatic heterocycles. The molecule has 1 aliphatic rings. The van der Waals surface area contributed by atoms with Crippen LogP contribution in [0.2, 0.25) is 0 Å². The molecule has 0 radical (unpaired) electrons. The molecule has 4 aromatic rings. The number of ether oxygens (including phenoxy) is 4. The number of hydrogen-bond donors (Lipinski definition) is 0. The van der Waals surface area contributed by atoms with Gasteiger partial charge in [-0.05, 0) is 55.8 Å². The van der Waals surface area contributed by atoms with Gasteiger partial charge in [0.25, 0.3) is 0 Å². The Morgan fingerprint density at radius 3 is 2.38 bits per heavy atom. The van der Waals surface area contributed by atoms with Crippen molar-refractivity contribution >= 4 is 11.3 Å². The number of aromatic nitrogens is 4. The SMILES string of the molecule is CN(C)c1ccc(C2(COc3cncc4nnc(-c5ccc(OC(F)F)cc5)n34)COC(C)(C)O2)cc1. The highest BCUT2D eigenvalue weighted by molar-refractivity contribution is 5.61. The van der Waals surface area contributed by atoms with E-state index in [0.29, 0.717) is 29.5 Å². The number of hydrogen-bond acceptors (Lipinski definition) is 8. The fourth-order valence-corrected chi connectivity index (χ4v) is 4.27. The van der Waals surface area contributed by atoms with Gasteiger partial charge in [0, 0.05) is 25.3 Å². The average Bonchev–Trinajstić information content (AvgIpc) is 3.44. The van der Waals surface area contributed by atoms with Crippen LogP contribution in [-0.2, 0) is 15.1 Å². The van der Waals surface area contributed by atoms with Gasteiger partial charge < -0.3 is 23.8 Å². The van der Waals surface area contributed by atoms with Crippen LogP contribution in [0.25, 0.3) is 17.0 Å². The molecular weight excluding hydrogens is 484 g/mol. The van der Waals surface area contributed by atoms with Gasteiger partial charge in [0.05, 0.1) is 19.0 Å². The highest BCUT2D eigenvalue weighted by atomic mass is 19.3. The monoisotopic (exact) mass is 511 g/mol. The molecule has 1 aliphatic heterocycles. The molecule has 194 valence electrons. The zero-order chi connectivity index (χ0) is 26.2. The maximum Gasteiger partial charge on any atom is 0.387 e. The highest BCUT2D eigenvalue weighted by Gasteiger charge is 2.47. The average molecular weight is 512 g/mol. The number of benzene rings is 2. The van der Waals surface area contributed by atoms with Crippen molar-refractivity contribution in [2.75, 3.05) is 32.2 Å². The summed E-state index contributed by atoms with van der Waals surface area (Å²) in [5.74, 6) is 0.110. The molecule has 1 fully saturated rings. The summed E-state index contributed by atoms with van der Waals surface area (Å²) in [7, 11) is 3.96. The van der Waals surface area contributed by atoms with Crippen molar-refractivity contribution in [3.05, 3.63) is 66.5 Å². The first kappa shape index (κ1) is 24.8. The second-order valence-electron chi connectivity index (χ2n) is 9.38. The Balaban J connectivity index is 1.46. The highest BCUT2D eigenvalue weighted by Crippen LogP contribution is 2.40. The molecule has 3 heterocycles. The van der Waals surface area contributed by atoms with E-state index < -0.39 is 18.0 Å².